The van der Waals surface area contributed by atoms with Crippen LogP contribution >= 0.6 is 0 Å². The Morgan fingerprint density at radius 3 is 2.75 bits per heavy atom. The summed E-state index contributed by atoms with van der Waals surface area (Å²) >= 11 is 0. The number of likely N-dealkylation sites (N-methyl/N-ethyl adjacent to an activating group) is 1. The minimum Gasteiger partial charge on any atom is -0.465 e. The van der Waals surface area contributed by atoms with Crippen molar-refractivity contribution in [1.82, 2.24) is 10.2 Å². The van der Waals surface area contributed by atoms with Crippen molar-refractivity contribution < 1.29 is 14.3 Å². The summed E-state index contributed by atoms with van der Waals surface area (Å²) in [5.41, 5.74) is 0. The average molecular weight is 230 g/mol. The van der Waals surface area contributed by atoms with E-state index in [1.54, 1.807) is 7.05 Å². The molecule has 1 unspecified atom stereocenters. The lowest BCUT2D eigenvalue weighted by Crippen LogP contribution is -2.42. The van der Waals surface area contributed by atoms with Gasteiger partial charge in [0, 0.05) is 19.6 Å². The van der Waals surface area contributed by atoms with Gasteiger partial charge < -0.3 is 14.8 Å². The normalized spacial score (nSPS) is 19.4. The Bertz CT molecular complexity index is 205. The maximum absolute atomic E-state index is 11.5. The fraction of sp³-hybridized carbons (Fsp3) is 0.909. The molecule has 0 radical (unpaired) electrons. The van der Waals surface area contributed by atoms with Gasteiger partial charge in [-0.15, -0.1) is 0 Å². The van der Waals surface area contributed by atoms with E-state index in [2.05, 4.69) is 10.2 Å². The van der Waals surface area contributed by atoms with Gasteiger partial charge in [0.15, 0.2) is 0 Å². The lowest BCUT2D eigenvalue weighted by atomic mass is 10.2. The molecule has 16 heavy (non-hydrogen) atoms. The van der Waals surface area contributed by atoms with Crippen LogP contribution in [0.5, 0.6) is 0 Å². The number of esters is 1. The minimum atomic E-state index is -0.192. The Morgan fingerprint density at radius 1 is 1.50 bits per heavy atom. The molecule has 1 N–H and O–H groups in total. The standard InChI is InChI=1S/C11H22N2O3/c1-3-16-11(14)10(12-2)4-5-13-6-8-15-9-7-13/h10,12H,3-9H2,1-2H3. The highest BCUT2D eigenvalue weighted by molar-refractivity contribution is 5.75. The van der Waals surface area contributed by atoms with Crippen molar-refractivity contribution in [1.29, 1.82) is 0 Å². The molecule has 1 rings (SSSR count). The first-order valence-electron chi connectivity index (χ1n) is 5.92. The molecule has 1 atom stereocenters. The molecule has 1 heterocycles. The molecule has 5 heteroatoms. The summed E-state index contributed by atoms with van der Waals surface area (Å²) in [4.78, 5) is 13.8. The van der Waals surface area contributed by atoms with E-state index in [0.717, 1.165) is 39.3 Å². The second kappa shape index (κ2) is 7.60. The van der Waals surface area contributed by atoms with Crippen LogP contribution in [0.3, 0.4) is 0 Å². The van der Waals surface area contributed by atoms with E-state index in [9.17, 15) is 4.79 Å². The van der Waals surface area contributed by atoms with Crippen molar-refractivity contribution in [3.63, 3.8) is 0 Å². The number of carbonyl (C=O) groups is 1. The van der Waals surface area contributed by atoms with Crippen LogP contribution in [-0.2, 0) is 14.3 Å². The number of nitrogens with one attached hydrogen (secondary N) is 1. The Kier molecular flexibility index (Phi) is 6.37. The molecule has 0 aromatic carbocycles. The maximum Gasteiger partial charge on any atom is 0.323 e. The Morgan fingerprint density at radius 2 is 2.19 bits per heavy atom. The Labute approximate surface area is 97.1 Å². The molecule has 0 aliphatic carbocycles. The number of hydrogen-bond acceptors (Lipinski definition) is 5. The highest BCUT2D eigenvalue weighted by Gasteiger charge is 2.19. The van der Waals surface area contributed by atoms with Gasteiger partial charge in [-0.2, -0.15) is 0 Å². The molecule has 1 saturated heterocycles. The van der Waals surface area contributed by atoms with Crippen LogP contribution in [0.4, 0.5) is 0 Å². The van der Waals surface area contributed by atoms with Gasteiger partial charge in [-0.05, 0) is 20.4 Å². The number of morpholine rings is 1. The van der Waals surface area contributed by atoms with Crippen molar-refractivity contribution in [2.24, 2.45) is 0 Å². The highest BCUT2D eigenvalue weighted by atomic mass is 16.5. The topological polar surface area (TPSA) is 50.8 Å². The average Bonchev–Trinajstić information content (AvgIpc) is 2.31. The smallest absolute Gasteiger partial charge is 0.323 e. The number of rotatable bonds is 6. The van der Waals surface area contributed by atoms with Gasteiger partial charge in [0.1, 0.15) is 6.04 Å². The third-order valence-electron chi connectivity index (χ3n) is 2.76. The molecule has 0 aromatic heterocycles. The predicted molar refractivity (Wildman–Crippen MR) is 61.4 cm³/mol. The van der Waals surface area contributed by atoms with Crippen LogP contribution in [0.1, 0.15) is 13.3 Å². The molecule has 1 aliphatic heterocycles. The van der Waals surface area contributed by atoms with E-state index in [1.807, 2.05) is 6.92 Å². The zero-order chi connectivity index (χ0) is 11.8. The van der Waals surface area contributed by atoms with E-state index >= 15 is 0 Å². The van der Waals surface area contributed by atoms with Gasteiger partial charge in [0.05, 0.1) is 19.8 Å². The van der Waals surface area contributed by atoms with Crippen molar-refractivity contribution in [2.75, 3.05) is 46.5 Å². The van der Waals surface area contributed by atoms with E-state index in [0.29, 0.717) is 6.61 Å². The molecule has 1 aliphatic rings. The van der Waals surface area contributed by atoms with Crippen molar-refractivity contribution >= 4 is 5.97 Å². The summed E-state index contributed by atoms with van der Waals surface area (Å²) in [6, 6.07) is -0.192. The summed E-state index contributed by atoms with van der Waals surface area (Å²) in [6.07, 6.45) is 0.787. The molecule has 0 spiro atoms. The van der Waals surface area contributed by atoms with E-state index in [1.165, 1.54) is 0 Å². The molecule has 5 nitrogen and oxygen atoms in total. The summed E-state index contributed by atoms with van der Waals surface area (Å²) < 4.78 is 10.3. The largest absolute Gasteiger partial charge is 0.465 e. The number of hydrogen-bond donors (Lipinski definition) is 1. The van der Waals surface area contributed by atoms with Gasteiger partial charge in [0.2, 0.25) is 0 Å². The second-order valence-corrected chi connectivity index (χ2v) is 3.84. The molecule has 0 amide bonds. The predicted octanol–water partition coefficient (Wildman–Crippen LogP) is -0.140. The minimum absolute atomic E-state index is 0.154. The third kappa shape index (κ3) is 4.47. The van der Waals surface area contributed by atoms with Gasteiger partial charge in [-0.25, -0.2) is 0 Å². The first-order valence-corrected chi connectivity index (χ1v) is 5.92. The van der Waals surface area contributed by atoms with Crippen molar-refractivity contribution in [2.45, 2.75) is 19.4 Å². The monoisotopic (exact) mass is 230 g/mol. The molecule has 1 fully saturated rings. The molecule has 0 bridgehead atoms. The van der Waals surface area contributed by atoms with Crippen LogP contribution in [-0.4, -0.2) is 63.4 Å². The Balaban J connectivity index is 2.24. The van der Waals surface area contributed by atoms with E-state index in [4.69, 9.17) is 9.47 Å². The highest BCUT2D eigenvalue weighted by Crippen LogP contribution is 2.02. The SMILES string of the molecule is CCOC(=O)C(CCN1CCOCC1)NC. The van der Waals surface area contributed by atoms with Crippen LogP contribution in [0, 0.1) is 0 Å². The Hall–Kier alpha value is -0.650. The number of carbonyl (C=O) groups excluding carboxylic acids is 1. The first kappa shape index (κ1) is 13.4. The zero-order valence-electron chi connectivity index (χ0n) is 10.2. The quantitative estimate of drug-likeness (QED) is 0.644. The fourth-order valence-electron chi connectivity index (χ4n) is 1.76. The van der Waals surface area contributed by atoms with E-state index in [-0.39, 0.29) is 12.0 Å². The summed E-state index contributed by atoms with van der Waals surface area (Å²) in [5.74, 6) is -0.154. The molecule has 0 saturated carbocycles. The van der Waals surface area contributed by atoms with Crippen LogP contribution < -0.4 is 5.32 Å². The van der Waals surface area contributed by atoms with Crippen molar-refractivity contribution in [3.05, 3.63) is 0 Å². The number of ether oxygens (including phenoxy) is 2. The second-order valence-electron chi connectivity index (χ2n) is 3.84. The zero-order valence-corrected chi connectivity index (χ0v) is 10.2. The van der Waals surface area contributed by atoms with Crippen molar-refractivity contribution in [3.8, 4) is 0 Å². The summed E-state index contributed by atoms with van der Waals surface area (Å²) in [6.45, 7) is 6.68. The lowest BCUT2D eigenvalue weighted by molar-refractivity contribution is -0.145. The van der Waals surface area contributed by atoms with E-state index < -0.39 is 0 Å². The number of nitrogens with zero attached hydrogens (tertiary/aromatic N) is 1. The molecule has 94 valence electrons. The van der Waals surface area contributed by atoms with Gasteiger partial charge in [-0.1, -0.05) is 0 Å². The van der Waals surface area contributed by atoms with Gasteiger partial charge in [-0.3, -0.25) is 9.69 Å². The first-order chi connectivity index (χ1) is 7.77. The molecule has 0 aromatic rings. The van der Waals surface area contributed by atoms with Crippen LogP contribution in [0.25, 0.3) is 0 Å². The van der Waals surface area contributed by atoms with Crippen LogP contribution in [0.15, 0.2) is 0 Å². The molecular weight excluding hydrogens is 208 g/mol. The van der Waals surface area contributed by atoms with Gasteiger partial charge in [0.25, 0.3) is 0 Å². The third-order valence-corrected chi connectivity index (χ3v) is 2.76. The fourth-order valence-corrected chi connectivity index (χ4v) is 1.76. The molecular formula is C11H22N2O3. The lowest BCUT2D eigenvalue weighted by Gasteiger charge is -2.27. The summed E-state index contributed by atoms with van der Waals surface area (Å²) in [5, 5.41) is 2.99. The van der Waals surface area contributed by atoms with Gasteiger partial charge >= 0.3 is 5.97 Å². The summed E-state index contributed by atoms with van der Waals surface area (Å²) in [7, 11) is 1.79. The van der Waals surface area contributed by atoms with Crippen LogP contribution in [0.2, 0.25) is 0 Å². The maximum atomic E-state index is 11.5.